The van der Waals surface area contributed by atoms with Gasteiger partial charge in [0.15, 0.2) is 0 Å². The lowest BCUT2D eigenvalue weighted by Gasteiger charge is -2.18. The summed E-state index contributed by atoms with van der Waals surface area (Å²) in [6.45, 7) is 8.33. The molecule has 0 heterocycles. The van der Waals surface area contributed by atoms with E-state index in [1.165, 1.54) is 19.4 Å². The van der Waals surface area contributed by atoms with Gasteiger partial charge in [0.2, 0.25) is 0 Å². The van der Waals surface area contributed by atoms with Crippen molar-refractivity contribution < 1.29 is 0 Å². The summed E-state index contributed by atoms with van der Waals surface area (Å²) in [6.07, 6.45) is 2.88. The number of rotatable bonds is 3. The SMILES string of the molecule is CN(C)CC1CC1CC(C)(C)C. The Kier molecular flexibility index (Phi) is 2.82. The van der Waals surface area contributed by atoms with E-state index < -0.39 is 0 Å². The van der Waals surface area contributed by atoms with Crippen molar-refractivity contribution in [1.29, 1.82) is 0 Å². The lowest BCUT2D eigenvalue weighted by molar-refractivity contribution is 0.321. The third-order valence-electron chi connectivity index (χ3n) is 2.54. The number of hydrogen-bond donors (Lipinski definition) is 0. The van der Waals surface area contributed by atoms with E-state index in [0.717, 1.165) is 11.8 Å². The first-order chi connectivity index (χ1) is 5.38. The molecule has 0 N–H and O–H groups in total. The Labute approximate surface area is 77.1 Å². The van der Waals surface area contributed by atoms with Crippen LogP contribution in [0.1, 0.15) is 33.6 Å². The Morgan fingerprint density at radius 3 is 2.17 bits per heavy atom. The smallest absolute Gasteiger partial charge is 0.000632 e. The van der Waals surface area contributed by atoms with Crippen LogP contribution in [0.5, 0.6) is 0 Å². The standard InChI is InChI=1S/C11H23N/c1-11(2,3)7-9-6-10(9)8-12(4)5/h9-10H,6-8H2,1-5H3. The second kappa shape index (κ2) is 3.37. The van der Waals surface area contributed by atoms with Crippen LogP contribution in [0, 0.1) is 17.3 Å². The quantitative estimate of drug-likeness (QED) is 0.628. The van der Waals surface area contributed by atoms with E-state index in [2.05, 4.69) is 39.8 Å². The van der Waals surface area contributed by atoms with Crippen LogP contribution in [-0.4, -0.2) is 25.5 Å². The molecular formula is C11H23N. The molecule has 0 aromatic heterocycles. The molecule has 12 heavy (non-hydrogen) atoms. The Morgan fingerprint density at radius 2 is 1.75 bits per heavy atom. The molecule has 1 nitrogen and oxygen atoms in total. The summed E-state index contributed by atoms with van der Waals surface area (Å²) in [4.78, 5) is 2.31. The van der Waals surface area contributed by atoms with E-state index in [4.69, 9.17) is 0 Å². The van der Waals surface area contributed by atoms with E-state index in [1.54, 1.807) is 0 Å². The van der Waals surface area contributed by atoms with Crippen LogP contribution in [-0.2, 0) is 0 Å². The molecule has 1 aliphatic rings. The third-order valence-corrected chi connectivity index (χ3v) is 2.54. The van der Waals surface area contributed by atoms with Gasteiger partial charge in [-0.3, -0.25) is 0 Å². The van der Waals surface area contributed by atoms with Gasteiger partial charge >= 0.3 is 0 Å². The van der Waals surface area contributed by atoms with Gasteiger partial charge in [0.1, 0.15) is 0 Å². The highest BCUT2D eigenvalue weighted by molar-refractivity contribution is 4.90. The topological polar surface area (TPSA) is 3.24 Å². The molecular weight excluding hydrogens is 146 g/mol. The van der Waals surface area contributed by atoms with E-state index >= 15 is 0 Å². The van der Waals surface area contributed by atoms with E-state index in [1.807, 2.05) is 0 Å². The Balaban J connectivity index is 2.16. The van der Waals surface area contributed by atoms with Crippen molar-refractivity contribution in [2.24, 2.45) is 17.3 Å². The Morgan fingerprint density at radius 1 is 1.17 bits per heavy atom. The fraction of sp³-hybridized carbons (Fsp3) is 1.00. The molecule has 0 amide bonds. The van der Waals surface area contributed by atoms with Crippen molar-refractivity contribution in [2.75, 3.05) is 20.6 Å². The normalized spacial score (nSPS) is 29.5. The molecule has 1 rings (SSSR count). The zero-order valence-electron chi connectivity index (χ0n) is 9.22. The second-order valence-corrected chi connectivity index (χ2v) is 5.78. The van der Waals surface area contributed by atoms with Crippen LogP contribution < -0.4 is 0 Å². The third kappa shape index (κ3) is 3.57. The molecule has 0 spiro atoms. The molecule has 0 aliphatic heterocycles. The van der Waals surface area contributed by atoms with Gasteiger partial charge in [-0.05, 0) is 44.2 Å². The summed E-state index contributed by atoms with van der Waals surface area (Å²) in [5, 5.41) is 0. The van der Waals surface area contributed by atoms with Gasteiger partial charge in [-0.15, -0.1) is 0 Å². The van der Waals surface area contributed by atoms with Gasteiger partial charge in [0.05, 0.1) is 0 Å². The molecule has 0 aromatic rings. The van der Waals surface area contributed by atoms with Crippen molar-refractivity contribution in [3.63, 3.8) is 0 Å². The van der Waals surface area contributed by atoms with E-state index in [0.29, 0.717) is 5.41 Å². The van der Waals surface area contributed by atoms with Crippen LogP contribution in [0.15, 0.2) is 0 Å². The number of hydrogen-bond acceptors (Lipinski definition) is 1. The maximum absolute atomic E-state index is 2.35. The minimum Gasteiger partial charge on any atom is -0.309 e. The average Bonchev–Trinajstić information content (AvgIpc) is 2.40. The van der Waals surface area contributed by atoms with Crippen molar-refractivity contribution in [2.45, 2.75) is 33.6 Å². The number of nitrogens with zero attached hydrogens (tertiary/aromatic N) is 1. The van der Waals surface area contributed by atoms with Crippen LogP contribution in [0.2, 0.25) is 0 Å². The largest absolute Gasteiger partial charge is 0.309 e. The highest BCUT2D eigenvalue weighted by atomic mass is 15.1. The molecule has 1 fully saturated rings. The Hall–Kier alpha value is -0.0400. The maximum atomic E-state index is 2.35. The van der Waals surface area contributed by atoms with E-state index in [-0.39, 0.29) is 0 Å². The summed E-state index contributed by atoms with van der Waals surface area (Å²) in [6, 6.07) is 0. The van der Waals surface area contributed by atoms with Crippen molar-refractivity contribution in [3.8, 4) is 0 Å². The lowest BCUT2D eigenvalue weighted by Crippen LogP contribution is -2.16. The van der Waals surface area contributed by atoms with Gasteiger partial charge in [-0.2, -0.15) is 0 Å². The molecule has 2 atom stereocenters. The minimum atomic E-state index is 0.533. The maximum Gasteiger partial charge on any atom is 0.000632 e. The van der Waals surface area contributed by atoms with Gasteiger partial charge < -0.3 is 4.90 Å². The summed E-state index contributed by atoms with van der Waals surface area (Å²) in [7, 11) is 4.35. The van der Waals surface area contributed by atoms with Gasteiger partial charge in [-0.1, -0.05) is 20.8 Å². The molecule has 2 unspecified atom stereocenters. The van der Waals surface area contributed by atoms with Crippen LogP contribution in [0.3, 0.4) is 0 Å². The Bertz CT molecular complexity index is 144. The highest BCUT2D eigenvalue weighted by Gasteiger charge is 2.39. The van der Waals surface area contributed by atoms with Crippen molar-refractivity contribution >= 4 is 0 Å². The zero-order chi connectivity index (χ0) is 9.35. The average molecular weight is 169 g/mol. The zero-order valence-corrected chi connectivity index (χ0v) is 9.22. The summed E-state index contributed by atoms with van der Waals surface area (Å²) >= 11 is 0. The van der Waals surface area contributed by atoms with Crippen LogP contribution in [0.25, 0.3) is 0 Å². The first-order valence-corrected chi connectivity index (χ1v) is 5.03. The van der Waals surface area contributed by atoms with Gasteiger partial charge in [-0.25, -0.2) is 0 Å². The van der Waals surface area contributed by atoms with E-state index in [9.17, 15) is 0 Å². The lowest BCUT2D eigenvalue weighted by atomic mass is 9.89. The van der Waals surface area contributed by atoms with Crippen molar-refractivity contribution in [3.05, 3.63) is 0 Å². The molecule has 1 aliphatic carbocycles. The van der Waals surface area contributed by atoms with Gasteiger partial charge in [0.25, 0.3) is 0 Å². The minimum absolute atomic E-state index is 0.533. The molecule has 0 saturated heterocycles. The predicted molar refractivity (Wildman–Crippen MR) is 54.2 cm³/mol. The predicted octanol–water partition coefficient (Wildman–Crippen LogP) is 2.62. The van der Waals surface area contributed by atoms with Crippen LogP contribution >= 0.6 is 0 Å². The second-order valence-electron chi connectivity index (χ2n) is 5.78. The fourth-order valence-corrected chi connectivity index (χ4v) is 2.04. The molecule has 1 heteroatoms. The molecule has 1 saturated carbocycles. The molecule has 0 aromatic carbocycles. The molecule has 0 radical (unpaired) electrons. The first kappa shape index (κ1) is 10.0. The summed E-state index contributed by atoms with van der Waals surface area (Å²) in [5.41, 5.74) is 0.533. The molecule has 0 bridgehead atoms. The first-order valence-electron chi connectivity index (χ1n) is 5.03. The van der Waals surface area contributed by atoms with Crippen LogP contribution in [0.4, 0.5) is 0 Å². The summed E-state index contributed by atoms with van der Waals surface area (Å²) in [5.74, 6) is 2.02. The van der Waals surface area contributed by atoms with Gasteiger partial charge in [0, 0.05) is 6.54 Å². The monoisotopic (exact) mass is 169 g/mol. The highest BCUT2D eigenvalue weighted by Crippen LogP contribution is 2.46. The van der Waals surface area contributed by atoms with Crippen molar-refractivity contribution in [1.82, 2.24) is 4.90 Å². The summed E-state index contributed by atoms with van der Waals surface area (Å²) < 4.78 is 0. The fourth-order valence-electron chi connectivity index (χ4n) is 2.04. The molecule has 72 valence electrons.